The van der Waals surface area contributed by atoms with Crippen LogP contribution >= 0.6 is 15.9 Å². The number of carbonyl (C=O) groups is 1. The third-order valence-electron chi connectivity index (χ3n) is 3.70. The second-order valence-corrected chi connectivity index (χ2v) is 5.84. The molecule has 106 valence electrons. The third-order valence-corrected chi connectivity index (χ3v) is 4.39. The van der Waals surface area contributed by atoms with Crippen LogP contribution in [0.5, 0.6) is 0 Å². The monoisotopic (exact) mass is 342 g/mol. The first kappa shape index (κ1) is 13.9. The summed E-state index contributed by atoms with van der Waals surface area (Å²) >= 11 is 3.45. The standard InChI is InChI=1S/C17H15BrN2O/c1-11-12-7-3-6-10-15(12)20(2)16(11)17(21)19-14-9-5-4-8-13(14)18/h3-10H,1-2H3,(H,19,21). The molecule has 0 fully saturated rings. The predicted octanol–water partition coefficient (Wildman–Crippen LogP) is 4.50. The van der Waals surface area contributed by atoms with Crippen molar-refractivity contribution in [2.24, 2.45) is 7.05 Å². The Balaban J connectivity index is 2.05. The van der Waals surface area contributed by atoms with E-state index in [1.54, 1.807) is 0 Å². The van der Waals surface area contributed by atoms with Gasteiger partial charge in [-0.05, 0) is 46.6 Å². The number of nitrogens with zero attached hydrogens (tertiary/aromatic N) is 1. The second-order valence-electron chi connectivity index (χ2n) is 4.98. The maximum atomic E-state index is 12.6. The Bertz CT molecular complexity index is 797. The molecule has 3 nitrogen and oxygen atoms in total. The van der Waals surface area contributed by atoms with Gasteiger partial charge in [-0.2, -0.15) is 0 Å². The topological polar surface area (TPSA) is 34.0 Å². The van der Waals surface area contributed by atoms with Gasteiger partial charge in [0, 0.05) is 22.4 Å². The van der Waals surface area contributed by atoms with Crippen LogP contribution < -0.4 is 5.32 Å². The molecular weight excluding hydrogens is 328 g/mol. The number of rotatable bonds is 2. The summed E-state index contributed by atoms with van der Waals surface area (Å²) in [5, 5.41) is 4.07. The smallest absolute Gasteiger partial charge is 0.272 e. The minimum Gasteiger partial charge on any atom is -0.339 e. The maximum Gasteiger partial charge on any atom is 0.272 e. The molecular formula is C17H15BrN2O. The van der Waals surface area contributed by atoms with E-state index in [2.05, 4.69) is 21.2 Å². The van der Waals surface area contributed by atoms with E-state index in [0.29, 0.717) is 5.69 Å². The lowest BCUT2D eigenvalue weighted by Crippen LogP contribution is -2.17. The number of aromatic nitrogens is 1. The molecule has 1 amide bonds. The Hall–Kier alpha value is -2.07. The third kappa shape index (κ3) is 2.36. The number of aryl methyl sites for hydroxylation is 2. The van der Waals surface area contributed by atoms with E-state index in [0.717, 1.165) is 26.6 Å². The van der Waals surface area contributed by atoms with Crippen molar-refractivity contribution in [1.29, 1.82) is 0 Å². The molecule has 3 rings (SSSR count). The largest absolute Gasteiger partial charge is 0.339 e. The van der Waals surface area contributed by atoms with Crippen LogP contribution in [0.1, 0.15) is 16.1 Å². The van der Waals surface area contributed by atoms with Crippen LogP contribution in [0.3, 0.4) is 0 Å². The molecule has 0 atom stereocenters. The number of benzene rings is 2. The van der Waals surface area contributed by atoms with Gasteiger partial charge < -0.3 is 9.88 Å². The zero-order valence-electron chi connectivity index (χ0n) is 11.9. The SMILES string of the molecule is Cc1c(C(=O)Nc2ccccc2Br)n(C)c2ccccc12. The molecule has 0 unspecified atom stereocenters. The van der Waals surface area contributed by atoms with Crippen molar-refractivity contribution < 1.29 is 4.79 Å². The van der Waals surface area contributed by atoms with Crippen LogP contribution in [0.15, 0.2) is 53.0 Å². The Morgan fingerprint density at radius 2 is 1.76 bits per heavy atom. The summed E-state index contributed by atoms with van der Waals surface area (Å²) in [6.07, 6.45) is 0. The Morgan fingerprint density at radius 3 is 2.48 bits per heavy atom. The summed E-state index contributed by atoms with van der Waals surface area (Å²) in [6, 6.07) is 15.6. The number of nitrogens with one attached hydrogen (secondary N) is 1. The van der Waals surface area contributed by atoms with Gasteiger partial charge >= 0.3 is 0 Å². The van der Waals surface area contributed by atoms with Gasteiger partial charge in [0.25, 0.3) is 5.91 Å². The number of carbonyl (C=O) groups excluding carboxylic acids is 1. The molecule has 0 bridgehead atoms. The normalized spacial score (nSPS) is 10.8. The zero-order valence-corrected chi connectivity index (χ0v) is 13.4. The van der Waals surface area contributed by atoms with Crippen LogP contribution in [0.2, 0.25) is 0 Å². The fraction of sp³-hybridized carbons (Fsp3) is 0.118. The number of halogens is 1. The summed E-state index contributed by atoms with van der Waals surface area (Å²) in [5.41, 5.74) is 3.52. The average molecular weight is 343 g/mol. The van der Waals surface area contributed by atoms with Crippen molar-refractivity contribution in [3.63, 3.8) is 0 Å². The molecule has 3 aromatic rings. The molecule has 0 saturated carbocycles. The van der Waals surface area contributed by atoms with Gasteiger partial charge in [0.1, 0.15) is 5.69 Å². The molecule has 0 radical (unpaired) electrons. The lowest BCUT2D eigenvalue weighted by atomic mass is 10.1. The molecule has 0 aliphatic carbocycles. The van der Waals surface area contributed by atoms with Crippen LogP contribution in [-0.2, 0) is 7.05 Å². The maximum absolute atomic E-state index is 12.6. The first-order valence-electron chi connectivity index (χ1n) is 6.69. The Kier molecular flexibility index (Phi) is 3.55. The van der Waals surface area contributed by atoms with Crippen molar-refractivity contribution in [2.75, 3.05) is 5.32 Å². The second kappa shape index (κ2) is 5.37. The lowest BCUT2D eigenvalue weighted by molar-refractivity contribution is 0.101. The number of hydrogen-bond donors (Lipinski definition) is 1. The van der Waals surface area contributed by atoms with E-state index in [-0.39, 0.29) is 5.91 Å². The molecule has 21 heavy (non-hydrogen) atoms. The predicted molar refractivity (Wildman–Crippen MR) is 89.8 cm³/mol. The first-order chi connectivity index (χ1) is 10.1. The summed E-state index contributed by atoms with van der Waals surface area (Å²) < 4.78 is 2.81. The number of hydrogen-bond acceptors (Lipinski definition) is 1. The number of anilines is 1. The van der Waals surface area contributed by atoms with Gasteiger partial charge in [-0.15, -0.1) is 0 Å². The highest BCUT2D eigenvalue weighted by molar-refractivity contribution is 9.10. The summed E-state index contributed by atoms with van der Waals surface area (Å²) in [6.45, 7) is 1.98. The Morgan fingerprint density at radius 1 is 1.10 bits per heavy atom. The summed E-state index contributed by atoms with van der Waals surface area (Å²) in [7, 11) is 1.92. The average Bonchev–Trinajstić information content (AvgIpc) is 2.74. The molecule has 0 spiro atoms. The first-order valence-corrected chi connectivity index (χ1v) is 7.49. The molecule has 1 heterocycles. The van der Waals surface area contributed by atoms with Gasteiger partial charge in [0.2, 0.25) is 0 Å². The van der Waals surface area contributed by atoms with E-state index in [1.807, 2.05) is 67.1 Å². The van der Waals surface area contributed by atoms with Crippen molar-refractivity contribution in [3.05, 3.63) is 64.3 Å². The van der Waals surface area contributed by atoms with Crippen LogP contribution in [0.25, 0.3) is 10.9 Å². The van der Waals surface area contributed by atoms with Gasteiger partial charge in [0.05, 0.1) is 5.69 Å². The van der Waals surface area contributed by atoms with E-state index in [4.69, 9.17) is 0 Å². The van der Waals surface area contributed by atoms with Crippen molar-refractivity contribution in [3.8, 4) is 0 Å². The highest BCUT2D eigenvalue weighted by Crippen LogP contribution is 2.26. The summed E-state index contributed by atoms with van der Waals surface area (Å²) in [4.78, 5) is 12.6. The van der Waals surface area contributed by atoms with E-state index in [1.165, 1.54) is 0 Å². The highest BCUT2D eigenvalue weighted by atomic mass is 79.9. The molecule has 0 saturated heterocycles. The van der Waals surface area contributed by atoms with E-state index < -0.39 is 0 Å². The number of fused-ring (bicyclic) bond motifs is 1. The fourth-order valence-corrected chi connectivity index (χ4v) is 3.03. The minimum absolute atomic E-state index is 0.0990. The van der Waals surface area contributed by atoms with Crippen LogP contribution in [-0.4, -0.2) is 10.5 Å². The van der Waals surface area contributed by atoms with Crippen molar-refractivity contribution >= 4 is 38.4 Å². The number of para-hydroxylation sites is 2. The van der Waals surface area contributed by atoms with Crippen LogP contribution in [0, 0.1) is 6.92 Å². The van der Waals surface area contributed by atoms with Gasteiger partial charge in [-0.3, -0.25) is 4.79 Å². The molecule has 0 aliphatic rings. The van der Waals surface area contributed by atoms with E-state index >= 15 is 0 Å². The minimum atomic E-state index is -0.0990. The van der Waals surface area contributed by atoms with Crippen LogP contribution in [0.4, 0.5) is 5.69 Å². The lowest BCUT2D eigenvalue weighted by Gasteiger charge is -2.09. The Labute approximate surface area is 131 Å². The fourth-order valence-electron chi connectivity index (χ4n) is 2.65. The highest BCUT2D eigenvalue weighted by Gasteiger charge is 2.18. The van der Waals surface area contributed by atoms with Gasteiger partial charge in [-0.1, -0.05) is 30.3 Å². The van der Waals surface area contributed by atoms with Gasteiger partial charge in [-0.25, -0.2) is 0 Å². The summed E-state index contributed by atoms with van der Waals surface area (Å²) in [5.74, 6) is -0.0990. The van der Waals surface area contributed by atoms with Gasteiger partial charge in [0.15, 0.2) is 0 Å². The number of amides is 1. The molecule has 2 aromatic carbocycles. The zero-order chi connectivity index (χ0) is 15.0. The quantitative estimate of drug-likeness (QED) is 0.730. The van der Waals surface area contributed by atoms with Crippen molar-refractivity contribution in [1.82, 2.24) is 4.57 Å². The molecule has 0 aliphatic heterocycles. The molecule has 1 N–H and O–H groups in total. The van der Waals surface area contributed by atoms with Crippen molar-refractivity contribution in [2.45, 2.75) is 6.92 Å². The van der Waals surface area contributed by atoms with E-state index in [9.17, 15) is 4.79 Å². The molecule has 4 heteroatoms. The molecule has 1 aromatic heterocycles.